The van der Waals surface area contributed by atoms with E-state index >= 15 is 0 Å². The van der Waals surface area contributed by atoms with Crippen molar-refractivity contribution in [2.45, 2.75) is 19.4 Å². The lowest BCUT2D eigenvalue weighted by Gasteiger charge is -2.15. The number of aliphatic hydroxyl groups is 1. The average molecular weight is 253 g/mol. The molecule has 1 atom stereocenters. The van der Waals surface area contributed by atoms with Crippen molar-refractivity contribution in [1.82, 2.24) is 5.32 Å². The second-order valence-electron chi connectivity index (χ2n) is 3.92. The Balaban J connectivity index is 2.48. The lowest BCUT2D eigenvalue weighted by atomic mass is 10.1. The van der Waals surface area contributed by atoms with E-state index < -0.39 is 6.09 Å². The summed E-state index contributed by atoms with van der Waals surface area (Å²) < 4.78 is 9.96. The Morgan fingerprint density at radius 3 is 2.83 bits per heavy atom. The fraction of sp³-hybridized carbons (Fsp3) is 0.462. The summed E-state index contributed by atoms with van der Waals surface area (Å²) in [6.07, 6.45) is 0.129. The molecule has 0 heterocycles. The van der Waals surface area contributed by atoms with Crippen LogP contribution in [-0.2, 0) is 11.2 Å². The number of nitrogens with one attached hydrogen (secondary N) is 1. The van der Waals surface area contributed by atoms with E-state index in [4.69, 9.17) is 14.6 Å². The van der Waals surface area contributed by atoms with Crippen LogP contribution in [-0.4, -0.2) is 37.6 Å². The Morgan fingerprint density at radius 1 is 1.44 bits per heavy atom. The van der Waals surface area contributed by atoms with Gasteiger partial charge in [-0.2, -0.15) is 0 Å². The van der Waals surface area contributed by atoms with E-state index in [1.807, 2.05) is 31.2 Å². The number of hydrogen-bond acceptors (Lipinski definition) is 4. The number of ether oxygens (including phenoxy) is 2. The third kappa shape index (κ3) is 4.63. The number of carbonyl (C=O) groups excluding carboxylic acids is 1. The summed E-state index contributed by atoms with van der Waals surface area (Å²) in [4.78, 5) is 11.3. The molecular formula is C13H19NO4. The van der Waals surface area contributed by atoms with Crippen LogP contribution in [0.4, 0.5) is 4.79 Å². The van der Waals surface area contributed by atoms with Gasteiger partial charge in [-0.05, 0) is 25.0 Å². The highest BCUT2D eigenvalue weighted by Crippen LogP contribution is 2.18. The topological polar surface area (TPSA) is 67.8 Å². The van der Waals surface area contributed by atoms with Gasteiger partial charge in [0.15, 0.2) is 0 Å². The van der Waals surface area contributed by atoms with E-state index in [-0.39, 0.29) is 19.3 Å². The van der Waals surface area contributed by atoms with Crippen LogP contribution in [0.15, 0.2) is 24.3 Å². The van der Waals surface area contributed by atoms with Gasteiger partial charge >= 0.3 is 6.09 Å². The first-order valence-corrected chi connectivity index (χ1v) is 5.83. The minimum absolute atomic E-state index is 0.00715. The number of carbonyl (C=O) groups is 1. The maximum atomic E-state index is 11.3. The molecule has 100 valence electrons. The van der Waals surface area contributed by atoms with Crippen LogP contribution in [0.1, 0.15) is 12.5 Å². The number of methoxy groups -OCH3 is 1. The van der Waals surface area contributed by atoms with Gasteiger partial charge in [0.1, 0.15) is 12.4 Å². The molecule has 0 saturated heterocycles. The number of hydrogen-bond donors (Lipinski definition) is 2. The maximum Gasteiger partial charge on any atom is 0.407 e. The fourth-order valence-corrected chi connectivity index (χ4v) is 1.63. The molecule has 1 amide bonds. The van der Waals surface area contributed by atoms with E-state index in [2.05, 4.69) is 5.32 Å². The normalized spacial score (nSPS) is 11.7. The SMILES string of the molecule is COc1ccccc1CC(C)NC(=O)OCCO. The zero-order chi connectivity index (χ0) is 13.4. The molecule has 0 aliphatic carbocycles. The predicted octanol–water partition coefficient (Wildman–Crippen LogP) is 1.34. The van der Waals surface area contributed by atoms with Crippen molar-refractivity contribution in [3.05, 3.63) is 29.8 Å². The van der Waals surface area contributed by atoms with Crippen LogP contribution < -0.4 is 10.1 Å². The van der Waals surface area contributed by atoms with Crippen LogP contribution in [0, 0.1) is 0 Å². The van der Waals surface area contributed by atoms with E-state index in [1.165, 1.54) is 0 Å². The summed E-state index contributed by atoms with van der Waals surface area (Å²) in [6.45, 7) is 1.72. The third-order valence-electron chi connectivity index (χ3n) is 2.41. The summed E-state index contributed by atoms with van der Waals surface area (Å²) in [7, 11) is 1.62. The predicted molar refractivity (Wildman–Crippen MR) is 67.7 cm³/mol. The van der Waals surface area contributed by atoms with Crippen LogP contribution in [0.25, 0.3) is 0 Å². The van der Waals surface area contributed by atoms with Gasteiger partial charge in [-0.3, -0.25) is 0 Å². The number of amides is 1. The molecule has 18 heavy (non-hydrogen) atoms. The Bertz CT molecular complexity index is 381. The largest absolute Gasteiger partial charge is 0.496 e. The molecule has 0 spiro atoms. The highest BCUT2D eigenvalue weighted by Gasteiger charge is 2.11. The number of para-hydroxylation sites is 1. The third-order valence-corrected chi connectivity index (χ3v) is 2.41. The van der Waals surface area contributed by atoms with Gasteiger partial charge < -0.3 is 19.9 Å². The molecule has 0 radical (unpaired) electrons. The van der Waals surface area contributed by atoms with Gasteiger partial charge in [0.25, 0.3) is 0 Å². The highest BCUT2D eigenvalue weighted by molar-refractivity contribution is 5.67. The second-order valence-corrected chi connectivity index (χ2v) is 3.92. The van der Waals surface area contributed by atoms with Gasteiger partial charge in [-0.1, -0.05) is 18.2 Å². The smallest absolute Gasteiger partial charge is 0.407 e. The summed E-state index contributed by atoms with van der Waals surface area (Å²) in [6, 6.07) is 7.58. The summed E-state index contributed by atoms with van der Waals surface area (Å²) in [5.74, 6) is 0.801. The van der Waals surface area contributed by atoms with Crippen LogP contribution in [0.5, 0.6) is 5.75 Å². The molecule has 0 aromatic heterocycles. The molecule has 5 nitrogen and oxygen atoms in total. The first-order valence-electron chi connectivity index (χ1n) is 5.83. The molecule has 1 unspecified atom stereocenters. The number of benzene rings is 1. The van der Waals surface area contributed by atoms with Gasteiger partial charge in [-0.15, -0.1) is 0 Å². The van der Waals surface area contributed by atoms with E-state index in [9.17, 15) is 4.79 Å². The number of rotatable bonds is 6. The number of aliphatic hydroxyl groups excluding tert-OH is 1. The monoisotopic (exact) mass is 253 g/mol. The van der Waals surface area contributed by atoms with Gasteiger partial charge in [-0.25, -0.2) is 4.79 Å². The van der Waals surface area contributed by atoms with Crippen molar-refractivity contribution in [3.63, 3.8) is 0 Å². The molecule has 1 aromatic rings. The van der Waals surface area contributed by atoms with Gasteiger partial charge in [0.2, 0.25) is 0 Å². The van der Waals surface area contributed by atoms with Crippen molar-refractivity contribution in [2.24, 2.45) is 0 Å². The maximum absolute atomic E-state index is 11.3. The molecule has 0 aliphatic rings. The first kappa shape index (κ1) is 14.3. The lowest BCUT2D eigenvalue weighted by Crippen LogP contribution is -2.35. The van der Waals surface area contributed by atoms with Gasteiger partial charge in [0, 0.05) is 6.04 Å². The molecule has 0 fully saturated rings. The summed E-state index contributed by atoms with van der Waals surface area (Å²) in [5.41, 5.74) is 1.02. The zero-order valence-electron chi connectivity index (χ0n) is 10.7. The van der Waals surface area contributed by atoms with E-state index in [0.29, 0.717) is 6.42 Å². The fourth-order valence-electron chi connectivity index (χ4n) is 1.63. The van der Waals surface area contributed by atoms with E-state index in [1.54, 1.807) is 7.11 Å². The van der Waals surface area contributed by atoms with Gasteiger partial charge in [0.05, 0.1) is 13.7 Å². The Hall–Kier alpha value is -1.75. The van der Waals surface area contributed by atoms with E-state index in [0.717, 1.165) is 11.3 Å². The van der Waals surface area contributed by atoms with Crippen molar-refractivity contribution in [1.29, 1.82) is 0 Å². The summed E-state index contributed by atoms with van der Waals surface area (Å²) in [5, 5.41) is 11.2. The summed E-state index contributed by atoms with van der Waals surface area (Å²) >= 11 is 0. The van der Waals surface area contributed by atoms with Crippen molar-refractivity contribution in [2.75, 3.05) is 20.3 Å². The minimum Gasteiger partial charge on any atom is -0.496 e. The molecule has 0 bridgehead atoms. The Morgan fingerprint density at radius 2 is 2.17 bits per heavy atom. The van der Waals surface area contributed by atoms with Crippen molar-refractivity contribution >= 4 is 6.09 Å². The molecule has 2 N–H and O–H groups in total. The number of alkyl carbamates (subject to hydrolysis) is 1. The molecule has 5 heteroatoms. The molecule has 0 aliphatic heterocycles. The molecule has 0 saturated carbocycles. The standard InChI is InChI=1S/C13H19NO4/c1-10(14-13(16)18-8-7-15)9-11-5-3-4-6-12(11)17-2/h3-6,10,15H,7-9H2,1-2H3,(H,14,16). The average Bonchev–Trinajstić information content (AvgIpc) is 2.36. The highest BCUT2D eigenvalue weighted by atomic mass is 16.6. The Labute approximate surface area is 107 Å². The minimum atomic E-state index is -0.522. The quantitative estimate of drug-likeness (QED) is 0.803. The van der Waals surface area contributed by atoms with Crippen molar-refractivity contribution in [3.8, 4) is 5.75 Å². The first-order chi connectivity index (χ1) is 8.67. The van der Waals surface area contributed by atoms with Crippen LogP contribution >= 0.6 is 0 Å². The lowest BCUT2D eigenvalue weighted by molar-refractivity contribution is 0.116. The van der Waals surface area contributed by atoms with Crippen LogP contribution in [0.2, 0.25) is 0 Å². The Kier molecular flexibility index (Phi) is 6.00. The molecular weight excluding hydrogens is 234 g/mol. The molecule has 1 rings (SSSR count). The van der Waals surface area contributed by atoms with Crippen molar-refractivity contribution < 1.29 is 19.4 Å². The molecule has 1 aromatic carbocycles. The zero-order valence-corrected chi connectivity index (χ0v) is 10.7. The van der Waals surface area contributed by atoms with Crippen LogP contribution in [0.3, 0.4) is 0 Å². The second kappa shape index (κ2) is 7.55.